The fraction of sp³-hybridized carbons (Fsp3) is 0.643. The Balaban J connectivity index is 1.38. The average Bonchev–Trinajstić information content (AvgIpc) is 3.59. The number of hydrogen-bond donors (Lipinski definition) is 2. The molecule has 0 radical (unpaired) electrons. The van der Waals surface area contributed by atoms with Gasteiger partial charge in [0.1, 0.15) is 5.65 Å². The first-order valence-corrected chi connectivity index (χ1v) is 14.1. The number of carbonyl (C=O) groups excluding carboxylic acids is 2. The maximum absolute atomic E-state index is 13.5. The van der Waals surface area contributed by atoms with Gasteiger partial charge in [0.2, 0.25) is 17.7 Å². The van der Waals surface area contributed by atoms with Crippen molar-refractivity contribution in [2.75, 3.05) is 26.2 Å². The van der Waals surface area contributed by atoms with Crippen LogP contribution in [0.25, 0.3) is 11.7 Å². The second kappa shape index (κ2) is 10.6. The third-order valence-electron chi connectivity index (χ3n) is 7.99. The van der Waals surface area contributed by atoms with Crippen molar-refractivity contribution in [3.63, 3.8) is 0 Å². The number of halogens is 2. The van der Waals surface area contributed by atoms with E-state index in [1.165, 1.54) is 15.2 Å². The largest absolute Gasteiger partial charge is 0.492 e. The van der Waals surface area contributed by atoms with Gasteiger partial charge in [-0.05, 0) is 44.6 Å². The predicted molar refractivity (Wildman–Crippen MR) is 145 cm³/mol. The minimum atomic E-state index is -2.53. The van der Waals surface area contributed by atoms with Crippen molar-refractivity contribution in [2.24, 2.45) is 11.8 Å². The number of aromatic nitrogens is 3. The Morgan fingerprint density at radius 2 is 1.93 bits per heavy atom. The van der Waals surface area contributed by atoms with Crippen LogP contribution in [0.3, 0.4) is 0 Å². The molecule has 0 aromatic carbocycles. The smallest absolute Gasteiger partial charge is 0.270 e. The Kier molecular flexibility index (Phi) is 7.49. The van der Waals surface area contributed by atoms with Crippen LogP contribution in [0.1, 0.15) is 68.1 Å². The lowest BCUT2D eigenvalue weighted by Gasteiger charge is -2.43. The molecule has 2 aromatic heterocycles. The van der Waals surface area contributed by atoms with E-state index in [0.29, 0.717) is 43.1 Å². The molecule has 218 valence electrons. The van der Waals surface area contributed by atoms with E-state index in [4.69, 9.17) is 0 Å². The van der Waals surface area contributed by atoms with E-state index >= 15 is 0 Å². The number of alkyl halides is 2. The standard InChI is InChI=1S/C28H38F2N6O4/c1-16(2)13-35-25-21(18(4)32-36(25)27(40)23(26(35)39)24(38)31-20-5-6-20)7-8-22(37)34-10-9-33(14-17(34)3)15-19-11-28(29,30)12-19/h7-8,16-17,19-20,40H,5-6,9-15H2,1-4H3,(H,31,38)/b8-7+/t17-/m0/s1. The normalized spacial score (nSPS) is 21.9. The molecular formula is C28H38F2N6O4. The molecule has 2 amide bonds. The van der Waals surface area contributed by atoms with Gasteiger partial charge in [0.15, 0.2) is 5.56 Å². The SMILES string of the molecule is Cc1nn2c(O)c(C(=O)NC3CC3)c(=O)n(CC(C)C)c2c1/C=C/C(=O)N1CCN(CC2CC(F)(F)C2)C[C@@H]1C. The van der Waals surface area contributed by atoms with Gasteiger partial charge in [-0.1, -0.05) is 13.8 Å². The van der Waals surface area contributed by atoms with E-state index in [9.17, 15) is 28.3 Å². The highest BCUT2D eigenvalue weighted by Gasteiger charge is 2.46. The Morgan fingerprint density at radius 1 is 1.23 bits per heavy atom. The predicted octanol–water partition coefficient (Wildman–Crippen LogP) is 2.65. The molecule has 2 aliphatic carbocycles. The van der Waals surface area contributed by atoms with Crippen LogP contribution in [0, 0.1) is 18.8 Å². The molecular weight excluding hydrogens is 522 g/mol. The number of fused-ring (bicyclic) bond motifs is 1. The average molecular weight is 561 g/mol. The topological polar surface area (TPSA) is 112 Å². The van der Waals surface area contributed by atoms with E-state index in [2.05, 4.69) is 15.3 Å². The van der Waals surface area contributed by atoms with E-state index in [1.54, 1.807) is 17.9 Å². The number of nitrogens with one attached hydrogen (secondary N) is 1. The van der Waals surface area contributed by atoms with Gasteiger partial charge in [0, 0.05) is 69.3 Å². The zero-order chi connectivity index (χ0) is 28.9. The second-order valence-corrected chi connectivity index (χ2v) is 12.1. The lowest BCUT2D eigenvalue weighted by molar-refractivity contribution is -0.132. The van der Waals surface area contributed by atoms with Gasteiger partial charge in [-0.3, -0.25) is 23.9 Å². The van der Waals surface area contributed by atoms with Crippen LogP contribution < -0.4 is 10.9 Å². The summed E-state index contributed by atoms with van der Waals surface area (Å²) in [5, 5.41) is 18.2. The number of hydrogen-bond acceptors (Lipinski definition) is 6. The van der Waals surface area contributed by atoms with Gasteiger partial charge < -0.3 is 15.3 Å². The first kappa shape index (κ1) is 28.3. The lowest BCUT2D eigenvalue weighted by atomic mass is 9.81. The molecule has 2 saturated carbocycles. The Hall–Kier alpha value is -3.28. The second-order valence-electron chi connectivity index (χ2n) is 12.1. The van der Waals surface area contributed by atoms with Crippen molar-refractivity contribution in [1.29, 1.82) is 0 Å². The van der Waals surface area contributed by atoms with E-state index in [0.717, 1.165) is 12.8 Å². The third kappa shape index (κ3) is 5.63. The van der Waals surface area contributed by atoms with Gasteiger partial charge in [-0.25, -0.2) is 8.78 Å². The summed E-state index contributed by atoms with van der Waals surface area (Å²) in [6.45, 7) is 10.2. The molecule has 40 heavy (non-hydrogen) atoms. The zero-order valence-electron chi connectivity index (χ0n) is 23.5. The number of carbonyl (C=O) groups is 2. The fourth-order valence-corrected chi connectivity index (χ4v) is 5.84. The maximum atomic E-state index is 13.5. The summed E-state index contributed by atoms with van der Waals surface area (Å²) in [6.07, 6.45) is 4.60. The molecule has 0 unspecified atom stereocenters. The van der Waals surface area contributed by atoms with E-state index in [-0.39, 0.29) is 54.8 Å². The molecule has 0 bridgehead atoms. The summed E-state index contributed by atoms with van der Waals surface area (Å²) in [5.74, 6) is -3.82. The Bertz CT molecular complexity index is 1400. The number of piperazine rings is 1. The molecule has 12 heteroatoms. The molecule has 1 aliphatic heterocycles. The highest BCUT2D eigenvalue weighted by atomic mass is 19.3. The first-order chi connectivity index (χ1) is 18.8. The van der Waals surface area contributed by atoms with Crippen molar-refractivity contribution in [1.82, 2.24) is 29.3 Å². The molecule has 3 fully saturated rings. The van der Waals surface area contributed by atoms with Gasteiger partial charge >= 0.3 is 0 Å². The Labute approximate surface area is 231 Å². The summed E-state index contributed by atoms with van der Waals surface area (Å²) in [4.78, 5) is 43.4. The first-order valence-electron chi connectivity index (χ1n) is 14.1. The molecule has 3 heterocycles. The monoisotopic (exact) mass is 560 g/mol. The van der Waals surface area contributed by atoms with Crippen molar-refractivity contribution in [2.45, 2.75) is 77.9 Å². The van der Waals surface area contributed by atoms with Gasteiger partial charge in [0.05, 0.1) is 5.69 Å². The van der Waals surface area contributed by atoms with Crippen molar-refractivity contribution in [3.05, 3.63) is 33.3 Å². The number of rotatable bonds is 8. The summed E-state index contributed by atoms with van der Waals surface area (Å²) in [5.41, 5.74) is 0.369. The zero-order valence-corrected chi connectivity index (χ0v) is 23.5. The molecule has 2 N–H and O–H groups in total. The summed E-state index contributed by atoms with van der Waals surface area (Å²) in [6, 6.07) is -0.0798. The van der Waals surface area contributed by atoms with Gasteiger partial charge in [0.25, 0.3) is 11.5 Å². The number of amides is 2. The molecule has 1 saturated heterocycles. The third-order valence-corrected chi connectivity index (χ3v) is 7.99. The van der Waals surface area contributed by atoms with Crippen LogP contribution in [-0.4, -0.2) is 85.1 Å². The summed E-state index contributed by atoms with van der Waals surface area (Å²) in [7, 11) is 0. The molecule has 1 atom stereocenters. The fourth-order valence-electron chi connectivity index (χ4n) is 5.84. The lowest BCUT2D eigenvalue weighted by Crippen LogP contribution is -2.55. The molecule has 5 rings (SSSR count). The molecule has 0 spiro atoms. The number of aryl methyl sites for hydroxylation is 1. The molecule has 3 aliphatic rings. The van der Waals surface area contributed by atoms with Crippen molar-refractivity contribution < 1.29 is 23.5 Å². The molecule has 2 aromatic rings. The maximum Gasteiger partial charge on any atom is 0.270 e. The highest BCUT2D eigenvalue weighted by Crippen LogP contribution is 2.42. The minimum absolute atomic E-state index is 0.00287. The quantitative estimate of drug-likeness (QED) is 0.481. The van der Waals surface area contributed by atoms with Crippen LogP contribution in [0.2, 0.25) is 0 Å². The number of nitrogens with zero attached hydrogens (tertiary/aromatic N) is 5. The summed E-state index contributed by atoms with van der Waals surface area (Å²) >= 11 is 0. The van der Waals surface area contributed by atoms with Crippen LogP contribution in [-0.2, 0) is 11.3 Å². The number of aromatic hydroxyl groups is 1. The van der Waals surface area contributed by atoms with Crippen molar-refractivity contribution in [3.8, 4) is 5.88 Å². The molecule has 10 nitrogen and oxygen atoms in total. The van der Waals surface area contributed by atoms with Crippen LogP contribution in [0.5, 0.6) is 5.88 Å². The van der Waals surface area contributed by atoms with Crippen LogP contribution in [0.15, 0.2) is 10.9 Å². The van der Waals surface area contributed by atoms with Crippen LogP contribution >= 0.6 is 0 Å². The Morgan fingerprint density at radius 3 is 2.52 bits per heavy atom. The van der Waals surface area contributed by atoms with Crippen molar-refractivity contribution >= 4 is 23.5 Å². The summed E-state index contributed by atoms with van der Waals surface area (Å²) < 4.78 is 29.1. The van der Waals surface area contributed by atoms with E-state index < -0.39 is 23.3 Å². The highest BCUT2D eigenvalue weighted by molar-refractivity contribution is 5.97. The minimum Gasteiger partial charge on any atom is -0.492 e. The van der Waals surface area contributed by atoms with Crippen LogP contribution in [0.4, 0.5) is 8.78 Å². The van der Waals surface area contributed by atoms with E-state index in [1.807, 2.05) is 20.8 Å². The van der Waals surface area contributed by atoms with Gasteiger partial charge in [-0.2, -0.15) is 9.61 Å². The van der Waals surface area contributed by atoms with Gasteiger partial charge in [-0.15, -0.1) is 0 Å².